The molecule has 3 rings (SSSR count). The maximum atomic E-state index is 12.2. The molecule has 2 aromatic carbocycles. The summed E-state index contributed by atoms with van der Waals surface area (Å²) < 4.78 is 26.5. The number of amides is 1. The van der Waals surface area contributed by atoms with E-state index < -0.39 is 10.0 Å². The monoisotopic (exact) mass is 441 g/mol. The lowest BCUT2D eigenvalue weighted by Gasteiger charge is -2.33. The third-order valence-corrected chi connectivity index (χ3v) is 6.56. The smallest absolute Gasteiger partial charge is 0.233 e. The minimum atomic E-state index is -3.59. The molecule has 0 aromatic heterocycles. The molecule has 1 amide bonds. The predicted molar refractivity (Wildman–Crippen MR) is 126 cm³/mol. The van der Waals surface area contributed by atoms with E-state index in [0.717, 1.165) is 24.1 Å². The van der Waals surface area contributed by atoms with Crippen LogP contribution in [0.2, 0.25) is 0 Å². The van der Waals surface area contributed by atoms with Crippen molar-refractivity contribution in [1.82, 2.24) is 9.62 Å². The number of likely N-dealkylation sites (tertiary alicyclic amines) is 1. The number of benzene rings is 2. The number of hydrogen-bond donors (Lipinski definition) is 2. The summed E-state index contributed by atoms with van der Waals surface area (Å²) in [6.07, 6.45) is 5.40. The second kappa shape index (κ2) is 11.2. The van der Waals surface area contributed by atoms with E-state index in [2.05, 4.69) is 21.9 Å². The van der Waals surface area contributed by atoms with Gasteiger partial charge in [-0.3, -0.25) is 9.69 Å². The quantitative estimate of drug-likeness (QED) is 0.617. The summed E-state index contributed by atoms with van der Waals surface area (Å²) in [4.78, 5) is 14.6. The van der Waals surface area contributed by atoms with E-state index in [1.165, 1.54) is 30.9 Å². The molecule has 1 aliphatic heterocycles. The molecule has 1 aliphatic rings. The number of sulfonamides is 1. The van der Waals surface area contributed by atoms with Crippen LogP contribution in [-0.4, -0.2) is 38.4 Å². The zero-order valence-corrected chi connectivity index (χ0v) is 18.8. The van der Waals surface area contributed by atoms with Crippen molar-refractivity contribution in [3.8, 4) is 0 Å². The first kappa shape index (κ1) is 23.2. The fourth-order valence-electron chi connectivity index (χ4n) is 3.63. The molecule has 2 N–H and O–H groups in total. The van der Waals surface area contributed by atoms with Gasteiger partial charge in [-0.25, -0.2) is 13.1 Å². The highest BCUT2D eigenvalue weighted by Crippen LogP contribution is 2.20. The summed E-state index contributed by atoms with van der Waals surface area (Å²) in [7, 11) is -3.59. The standard InChI is InChI=1S/C24H31N3O3S/c1-20-7-5-6-17-27(20)19-22-10-12-23(13-11-22)26-24(28)14-16-25-31(29,30)18-15-21-8-3-2-4-9-21/h2-4,8-13,15,18,20,25H,5-7,14,16-17,19H2,1H3,(H,26,28). The van der Waals surface area contributed by atoms with Gasteiger partial charge in [-0.2, -0.15) is 0 Å². The Labute approximate surface area is 185 Å². The summed E-state index contributed by atoms with van der Waals surface area (Å²) in [5.74, 6) is -0.229. The van der Waals surface area contributed by atoms with E-state index in [4.69, 9.17) is 0 Å². The Bertz CT molecular complexity index is 973. The third kappa shape index (κ3) is 7.94. The van der Waals surface area contributed by atoms with Gasteiger partial charge in [0.1, 0.15) is 0 Å². The van der Waals surface area contributed by atoms with Crippen LogP contribution in [0.4, 0.5) is 5.69 Å². The van der Waals surface area contributed by atoms with Gasteiger partial charge in [-0.15, -0.1) is 0 Å². The normalized spacial score (nSPS) is 17.6. The number of rotatable bonds is 9. The van der Waals surface area contributed by atoms with Gasteiger partial charge in [-0.05, 0) is 55.6 Å². The molecule has 31 heavy (non-hydrogen) atoms. The van der Waals surface area contributed by atoms with E-state index in [-0.39, 0.29) is 18.9 Å². The Morgan fingerprint density at radius 1 is 1.10 bits per heavy atom. The predicted octanol–water partition coefficient (Wildman–Crippen LogP) is 3.98. The average molecular weight is 442 g/mol. The van der Waals surface area contributed by atoms with Crippen LogP contribution in [0.5, 0.6) is 0 Å². The topological polar surface area (TPSA) is 78.5 Å². The van der Waals surface area contributed by atoms with Crippen LogP contribution in [-0.2, 0) is 21.4 Å². The van der Waals surface area contributed by atoms with Crippen LogP contribution >= 0.6 is 0 Å². The van der Waals surface area contributed by atoms with E-state index >= 15 is 0 Å². The van der Waals surface area contributed by atoms with Crippen molar-refractivity contribution in [2.45, 2.75) is 45.2 Å². The van der Waals surface area contributed by atoms with Crippen molar-refractivity contribution in [3.05, 3.63) is 71.1 Å². The van der Waals surface area contributed by atoms with Crippen LogP contribution < -0.4 is 10.0 Å². The molecule has 0 spiro atoms. The van der Waals surface area contributed by atoms with Gasteiger partial charge in [0.25, 0.3) is 0 Å². The van der Waals surface area contributed by atoms with Gasteiger partial charge in [0.2, 0.25) is 15.9 Å². The molecule has 1 atom stereocenters. The molecule has 1 heterocycles. The van der Waals surface area contributed by atoms with Crippen LogP contribution in [0, 0.1) is 0 Å². The molecular weight excluding hydrogens is 410 g/mol. The summed E-state index contributed by atoms with van der Waals surface area (Å²) in [5, 5.41) is 3.93. The average Bonchev–Trinajstić information content (AvgIpc) is 2.76. The Morgan fingerprint density at radius 3 is 2.55 bits per heavy atom. The highest BCUT2D eigenvalue weighted by Gasteiger charge is 2.18. The molecular formula is C24H31N3O3S. The first-order valence-electron chi connectivity index (χ1n) is 10.8. The van der Waals surface area contributed by atoms with Gasteiger partial charge >= 0.3 is 0 Å². The second-order valence-corrected chi connectivity index (χ2v) is 9.61. The van der Waals surface area contributed by atoms with Gasteiger partial charge in [0, 0.05) is 36.6 Å². The lowest BCUT2D eigenvalue weighted by atomic mass is 10.0. The summed E-state index contributed by atoms with van der Waals surface area (Å²) >= 11 is 0. The van der Waals surface area contributed by atoms with Crippen molar-refractivity contribution in [1.29, 1.82) is 0 Å². The number of nitrogens with zero attached hydrogens (tertiary/aromatic N) is 1. The Kier molecular flexibility index (Phi) is 8.40. The molecule has 6 nitrogen and oxygen atoms in total. The lowest BCUT2D eigenvalue weighted by Crippen LogP contribution is -2.36. The summed E-state index contributed by atoms with van der Waals surface area (Å²) in [6, 6.07) is 17.7. The van der Waals surface area contributed by atoms with Crippen LogP contribution in [0.1, 0.15) is 43.7 Å². The minimum Gasteiger partial charge on any atom is -0.326 e. The van der Waals surface area contributed by atoms with Crippen molar-refractivity contribution in [3.63, 3.8) is 0 Å². The fraction of sp³-hybridized carbons (Fsp3) is 0.375. The van der Waals surface area contributed by atoms with Crippen LogP contribution in [0.3, 0.4) is 0 Å². The van der Waals surface area contributed by atoms with E-state index in [0.29, 0.717) is 11.7 Å². The maximum Gasteiger partial charge on any atom is 0.233 e. The Morgan fingerprint density at radius 2 is 1.84 bits per heavy atom. The molecule has 166 valence electrons. The number of anilines is 1. The van der Waals surface area contributed by atoms with E-state index in [9.17, 15) is 13.2 Å². The van der Waals surface area contributed by atoms with Gasteiger partial charge < -0.3 is 5.32 Å². The fourth-order valence-corrected chi connectivity index (χ4v) is 4.45. The zero-order valence-electron chi connectivity index (χ0n) is 18.0. The van der Waals surface area contributed by atoms with E-state index in [1.807, 2.05) is 54.6 Å². The summed E-state index contributed by atoms with van der Waals surface area (Å²) in [6.45, 7) is 4.38. The number of nitrogens with one attached hydrogen (secondary N) is 2. The van der Waals surface area contributed by atoms with Crippen LogP contribution in [0.25, 0.3) is 6.08 Å². The van der Waals surface area contributed by atoms with E-state index in [1.54, 1.807) is 0 Å². The number of piperidine rings is 1. The van der Waals surface area contributed by atoms with Crippen LogP contribution in [0.15, 0.2) is 60.0 Å². The van der Waals surface area contributed by atoms with Gasteiger partial charge in [0.15, 0.2) is 0 Å². The number of carbonyl (C=O) groups excluding carboxylic acids is 1. The minimum absolute atomic E-state index is 0.0399. The SMILES string of the molecule is CC1CCCCN1Cc1ccc(NC(=O)CCNS(=O)(=O)C=Cc2ccccc2)cc1. The molecule has 0 aliphatic carbocycles. The third-order valence-electron chi connectivity index (χ3n) is 5.46. The van der Waals surface area contributed by atoms with Crippen molar-refractivity contribution in [2.75, 3.05) is 18.4 Å². The number of carbonyl (C=O) groups is 1. The highest BCUT2D eigenvalue weighted by atomic mass is 32.2. The van der Waals surface area contributed by atoms with Crippen molar-refractivity contribution >= 4 is 27.7 Å². The Hall–Kier alpha value is -2.48. The molecule has 1 saturated heterocycles. The zero-order chi connectivity index (χ0) is 22.1. The van der Waals surface area contributed by atoms with Gasteiger partial charge in [0.05, 0.1) is 0 Å². The molecule has 2 aromatic rings. The first-order chi connectivity index (χ1) is 14.9. The Balaban J connectivity index is 1.41. The molecule has 0 saturated carbocycles. The van der Waals surface area contributed by atoms with Crippen molar-refractivity contribution < 1.29 is 13.2 Å². The van der Waals surface area contributed by atoms with Crippen molar-refractivity contribution in [2.24, 2.45) is 0 Å². The lowest BCUT2D eigenvalue weighted by molar-refractivity contribution is -0.116. The molecule has 0 radical (unpaired) electrons. The molecule has 0 bridgehead atoms. The second-order valence-electron chi connectivity index (χ2n) is 7.96. The first-order valence-corrected chi connectivity index (χ1v) is 12.3. The number of hydrogen-bond acceptors (Lipinski definition) is 4. The largest absolute Gasteiger partial charge is 0.326 e. The molecule has 1 unspecified atom stereocenters. The molecule has 7 heteroatoms. The summed E-state index contributed by atoms with van der Waals surface area (Å²) in [5.41, 5.74) is 2.74. The highest BCUT2D eigenvalue weighted by molar-refractivity contribution is 7.92. The van der Waals surface area contributed by atoms with Gasteiger partial charge in [-0.1, -0.05) is 48.9 Å². The maximum absolute atomic E-state index is 12.2. The molecule has 1 fully saturated rings.